The normalized spacial score (nSPS) is 23.4. The van der Waals surface area contributed by atoms with Crippen LogP contribution in [-0.2, 0) is 4.74 Å². The molecular weight excluding hydrogens is 180 g/mol. The van der Waals surface area contributed by atoms with Crippen molar-refractivity contribution in [2.75, 3.05) is 26.7 Å². The molecule has 4 heteroatoms. The molecule has 1 unspecified atom stereocenters. The third-order valence-electron chi connectivity index (χ3n) is 2.65. The summed E-state index contributed by atoms with van der Waals surface area (Å²) >= 11 is 0. The smallest absolute Gasteiger partial charge is 0.409 e. The molecule has 1 heterocycles. The van der Waals surface area contributed by atoms with Gasteiger partial charge >= 0.3 is 6.09 Å². The third kappa shape index (κ3) is 2.38. The fraction of sp³-hybridized carbons (Fsp3) is 0.900. The number of carbonyl (C=O) groups is 1. The monoisotopic (exact) mass is 200 g/mol. The topological polar surface area (TPSA) is 41.6 Å². The Hall–Kier alpha value is -0.770. The van der Waals surface area contributed by atoms with Gasteiger partial charge in [-0.25, -0.2) is 4.79 Å². The van der Waals surface area contributed by atoms with E-state index in [2.05, 4.69) is 26.1 Å². The predicted molar refractivity (Wildman–Crippen MR) is 55.2 cm³/mol. The van der Waals surface area contributed by atoms with E-state index in [1.807, 2.05) is 4.90 Å². The first-order valence-electron chi connectivity index (χ1n) is 5.02. The minimum atomic E-state index is -0.216. The first kappa shape index (κ1) is 11.3. The van der Waals surface area contributed by atoms with Crippen molar-refractivity contribution in [3.63, 3.8) is 0 Å². The van der Waals surface area contributed by atoms with Crippen molar-refractivity contribution in [1.29, 1.82) is 0 Å². The average molecular weight is 200 g/mol. The molecule has 0 aromatic heterocycles. The molecule has 1 atom stereocenters. The van der Waals surface area contributed by atoms with Gasteiger partial charge in [-0.05, 0) is 5.41 Å². The second-order valence-corrected chi connectivity index (χ2v) is 4.75. The Labute approximate surface area is 85.6 Å². The van der Waals surface area contributed by atoms with Gasteiger partial charge in [0.2, 0.25) is 0 Å². The van der Waals surface area contributed by atoms with E-state index in [1.165, 1.54) is 7.11 Å². The van der Waals surface area contributed by atoms with Gasteiger partial charge in [-0.2, -0.15) is 0 Å². The van der Waals surface area contributed by atoms with E-state index in [4.69, 9.17) is 4.74 Å². The van der Waals surface area contributed by atoms with Crippen LogP contribution in [0.3, 0.4) is 0 Å². The summed E-state index contributed by atoms with van der Waals surface area (Å²) in [6, 6.07) is 0.212. The fourth-order valence-electron chi connectivity index (χ4n) is 1.81. The summed E-state index contributed by atoms with van der Waals surface area (Å²) in [4.78, 5) is 13.3. The summed E-state index contributed by atoms with van der Waals surface area (Å²) in [5.74, 6) is 0. The Balaban J connectivity index is 2.74. The molecule has 0 spiro atoms. The lowest BCUT2D eigenvalue weighted by atomic mass is 9.85. The molecule has 1 amide bonds. The number of nitrogens with zero attached hydrogens (tertiary/aromatic N) is 1. The summed E-state index contributed by atoms with van der Waals surface area (Å²) < 4.78 is 4.77. The van der Waals surface area contributed by atoms with Crippen molar-refractivity contribution in [1.82, 2.24) is 10.2 Å². The van der Waals surface area contributed by atoms with E-state index >= 15 is 0 Å². The number of hydrogen-bond acceptors (Lipinski definition) is 3. The van der Waals surface area contributed by atoms with Crippen LogP contribution >= 0.6 is 0 Å². The first-order chi connectivity index (χ1) is 6.46. The summed E-state index contributed by atoms with van der Waals surface area (Å²) in [6.07, 6.45) is -0.216. The van der Waals surface area contributed by atoms with Crippen molar-refractivity contribution in [3.05, 3.63) is 0 Å². The van der Waals surface area contributed by atoms with Crippen LogP contribution in [-0.4, -0.2) is 43.8 Å². The Morgan fingerprint density at radius 3 is 2.64 bits per heavy atom. The summed E-state index contributed by atoms with van der Waals surface area (Å²) in [6.45, 7) is 8.84. The zero-order valence-corrected chi connectivity index (χ0v) is 9.46. The molecule has 1 saturated heterocycles. The highest BCUT2D eigenvalue weighted by molar-refractivity contribution is 5.68. The van der Waals surface area contributed by atoms with Gasteiger partial charge in [-0.1, -0.05) is 20.8 Å². The molecule has 4 nitrogen and oxygen atoms in total. The van der Waals surface area contributed by atoms with Gasteiger partial charge < -0.3 is 15.0 Å². The van der Waals surface area contributed by atoms with Gasteiger partial charge in [0.25, 0.3) is 0 Å². The van der Waals surface area contributed by atoms with Gasteiger partial charge in [0.15, 0.2) is 0 Å². The molecule has 1 rings (SSSR count). The second-order valence-electron chi connectivity index (χ2n) is 4.75. The van der Waals surface area contributed by atoms with E-state index in [0.29, 0.717) is 0 Å². The molecule has 1 fully saturated rings. The Morgan fingerprint density at radius 2 is 2.14 bits per heavy atom. The van der Waals surface area contributed by atoms with E-state index in [-0.39, 0.29) is 17.6 Å². The van der Waals surface area contributed by atoms with Crippen LogP contribution in [0.1, 0.15) is 20.8 Å². The second kappa shape index (κ2) is 4.17. The number of rotatable bonds is 0. The number of piperazine rings is 1. The summed E-state index contributed by atoms with van der Waals surface area (Å²) in [5.41, 5.74) is 0.0849. The lowest BCUT2D eigenvalue weighted by Crippen LogP contribution is -2.58. The zero-order chi connectivity index (χ0) is 10.8. The maximum atomic E-state index is 11.5. The van der Waals surface area contributed by atoms with E-state index in [1.54, 1.807) is 0 Å². The highest BCUT2D eigenvalue weighted by atomic mass is 16.5. The lowest BCUT2D eigenvalue weighted by molar-refractivity contribution is 0.0562. The molecule has 0 aromatic rings. The molecule has 0 saturated carbocycles. The maximum absolute atomic E-state index is 11.5. The highest BCUT2D eigenvalue weighted by Gasteiger charge is 2.35. The third-order valence-corrected chi connectivity index (χ3v) is 2.65. The number of nitrogens with one attached hydrogen (secondary N) is 1. The number of hydrogen-bond donors (Lipinski definition) is 1. The SMILES string of the molecule is COC(=O)N1CCNCC1C(C)(C)C. The average Bonchev–Trinajstić information content (AvgIpc) is 2.15. The predicted octanol–water partition coefficient (Wildman–Crippen LogP) is 1.07. The molecule has 1 aliphatic rings. The van der Waals surface area contributed by atoms with Gasteiger partial charge in [-0.15, -0.1) is 0 Å². The Bertz CT molecular complexity index is 211. The maximum Gasteiger partial charge on any atom is 0.409 e. The van der Waals surface area contributed by atoms with Crippen LogP contribution in [0.4, 0.5) is 4.79 Å². The van der Waals surface area contributed by atoms with Crippen molar-refractivity contribution >= 4 is 6.09 Å². The van der Waals surface area contributed by atoms with Crippen LogP contribution < -0.4 is 5.32 Å². The van der Waals surface area contributed by atoms with Crippen LogP contribution in [0, 0.1) is 5.41 Å². The van der Waals surface area contributed by atoms with Gasteiger partial charge in [0.1, 0.15) is 0 Å². The van der Waals surface area contributed by atoms with Gasteiger partial charge in [0, 0.05) is 19.6 Å². The largest absolute Gasteiger partial charge is 0.453 e. The summed E-state index contributed by atoms with van der Waals surface area (Å²) in [7, 11) is 1.43. The molecule has 0 aromatic carbocycles. The number of amides is 1. The van der Waals surface area contributed by atoms with E-state index < -0.39 is 0 Å². The van der Waals surface area contributed by atoms with E-state index in [0.717, 1.165) is 19.6 Å². The molecule has 0 bridgehead atoms. The minimum absolute atomic E-state index is 0.0849. The quantitative estimate of drug-likeness (QED) is 0.636. The number of methoxy groups -OCH3 is 1. The number of ether oxygens (including phenoxy) is 1. The molecule has 1 aliphatic heterocycles. The van der Waals surface area contributed by atoms with Gasteiger partial charge in [0.05, 0.1) is 13.2 Å². The molecule has 0 aliphatic carbocycles. The van der Waals surface area contributed by atoms with Crippen molar-refractivity contribution in [3.8, 4) is 0 Å². The van der Waals surface area contributed by atoms with Crippen molar-refractivity contribution < 1.29 is 9.53 Å². The molecule has 14 heavy (non-hydrogen) atoms. The lowest BCUT2D eigenvalue weighted by Gasteiger charge is -2.42. The van der Waals surface area contributed by atoms with Crippen LogP contribution in [0.25, 0.3) is 0 Å². The molecule has 82 valence electrons. The standard InChI is InChI=1S/C10H20N2O2/c1-10(2,3)8-7-11-5-6-12(8)9(13)14-4/h8,11H,5-7H2,1-4H3. The van der Waals surface area contributed by atoms with Gasteiger partial charge in [-0.3, -0.25) is 0 Å². The molecule has 1 N–H and O–H groups in total. The summed E-state index contributed by atoms with van der Waals surface area (Å²) in [5, 5.41) is 3.30. The zero-order valence-electron chi connectivity index (χ0n) is 9.46. The number of carbonyl (C=O) groups excluding carboxylic acids is 1. The Morgan fingerprint density at radius 1 is 1.50 bits per heavy atom. The molecular formula is C10H20N2O2. The molecule has 0 radical (unpaired) electrons. The van der Waals surface area contributed by atoms with Crippen molar-refractivity contribution in [2.45, 2.75) is 26.8 Å². The highest BCUT2D eigenvalue weighted by Crippen LogP contribution is 2.25. The minimum Gasteiger partial charge on any atom is -0.453 e. The first-order valence-corrected chi connectivity index (χ1v) is 5.02. The van der Waals surface area contributed by atoms with Crippen LogP contribution in [0.5, 0.6) is 0 Å². The van der Waals surface area contributed by atoms with Crippen LogP contribution in [0.15, 0.2) is 0 Å². The Kier molecular flexibility index (Phi) is 3.37. The van der Waals surface area contributed by atoms with Crippen LogP contribution in [0.2, 0.25) is 0 Å². The van der Waals surface area contributed by atoms with Crippen molar-refractivity contribution in [2.24, 2.45) is 5.41 Å². The fourth-order valence-corrected chi connectivity index (χ4v) is 1.81. The van der Waals surface area contributed by atoms with E-state index in [9.17, 15) is 4.79 Å².